The van der Waals surface area contributed by atoms with E-state index in [1.54, 1.807) is 12.1 Å². The molecule has 0 saturated heterocycles. The lowest BCUT2D eigenvalue weighted by Crippen LogP contribution is -1.93. The highest BCUT2D eigenvalue weighted by Crippen LogP contribution is 2.35. The molecule has 0 spiro atoms. The molecule has 4 aromatic carbocycles. The third-order valence-corrected chi connectivity index (χ3v) is 6.04. The maximum atomic E-state index is 10.6. The van der Waals surface area contributed by atoms with E-state index in [1.165, 1.54) is 0 Å². The van der Waals surface area contributed by atoms with E-state index in [9.17, 15) is 10.2 Å². The van der Waals surface area contributed by atoms with Crippen LogP contribution < -0.4 is 0 Å². The van der Waals surface area contributed by atoms with Crippen molar-refractivity contribution in [2.24, 2.45) is 0 Å². The molecule has 0 unspecified atom stereocenters. The van der Waals surface area contributed by atoms with Gasteiger partial charge in [-0.2, -0.15) is 0 Å². The molecular formula is C30H20N2O2. The molecule has 0 saturated carbocycles. The first-order chi connectivity index (χ1) is 16.7. The van der Waals surface area contributed by atoms with Crippen LogP contribution in [0.5, 0.6) is 11.5 Å². The Balaban J connectivity index is 1.43. The Labute approximate surface area is 196 Å². The largest absolute Gasteiger partial charge is 0.507 e. The zero-order valence-electron chi connectivity index (χ0n) is 18.2. The molecule has 0 aliphatic heterocycles. The molecule has 0 amide bonds. The standard InChI is InChI=1S/C30H20N2O2/c33-29-17-21-9-3-1-7-19(21)15-23(29)25-11-5-13-27(31-25)28-14-6-12-26(32-28)24-16-20-8-2-4-10-22(20)18-30(24)34/h1-18,33-34H. The van der Waals surface area contributed by atoms with Crippen molar-refractivity contribution in [3.63, 3.8) is 0 Å². The minimum absolute atomic E-state index is 0.186. The monoisotopic (exact) mass is 440 g/mol. The Morgan fingerprint density at radius 1 is 0.382 bits per heavy atom. The molecule has 0 atom stereocenters. The normalized spacial score (nSPS) is 11.2. The average molecular weight is 441 g/mol. The van der Waals surface area contributed by atoms with Gasteiger partial charge in [0.05, 0.1) is 22.8 Å². The zero-order valence-corrected chi connectivity index (χ0v) is 18.2. The summed E-state index contributed by atoms with van der Waals surface area (Å²) in [6.07, 6.45) is 0. The van der Waals surface area contributed by atoms with E-state index in [0.717, 1.165) is 21.5 Å². The predicted octanol–water partition coefficient (Wildman–Crippen LogP) is 7.20. The van der Waals surface area contributed by atoms with E-state index in [-0.39, 0.29) is 11.5 Å². The average Bonchev–Trinajstić information content (AvgIpc) is 2.88. The molecule has 2 N–H and O–H groups in total. The molecule has 0 aliphatic carbocycles. The number of aromatic nitrogens is 2. The molecule has 4 nitrogen and oxygen atoms in total. The number of hydrogen-bond donors (Lipinski definition) is 2. The van der Waals surface area contributed by atoms with E-state index < -0.39 is 0 Å². The summed E-state index contributed by atoms with van der Waals surface area (Å²) in [4.78, 5) is 9.61. The maximum absolute atomic E-state index is 10.6. The van der Waals surface area contributed by atoms with Crippen molar-refractivity contribution in [1.29, 1.82) is 0 Å². The van der Waals surface area contributed by atoms with Gasteiger partial charge < -0.3 is 10.2 Å². The van der Waals surface area contributed by atoms with Crippen LogP contribution in [0.25, 0.3) is 55.4 Å². The second-order valence-electron chi connectivity index (χ2n) is 8.25. The van der Waals surface area contributed by atoms with Gasteiger partial charge in [-0.3, -0.25) is 0 Å². The molecule has 0 aliphatic rings. The fourth-order valence-electron chi connectivity index (χ4n) is 4.32. The van der Waals surface area contributed by atoms with Gasteiger partial charge in [-0.25, -0.2) is 9.97 Å². The van der Waals surface area contributed by atoms with Gasteiger partial charge in [0.25, 0.3) is 0 Å². The van der Waals surface area contributed by atoms with Crippen molar-refractivity contribution >= 4 is 21.5 Å². The van der Waals surface area contributed by atoms with Crippen molar-refractivity contribution in [3.05, 3.63) is 109 Å². The van der Waals surface area contributed by atoms with Crippen LogP contribution in [0.4, 0.5) is 0 Å². The number of hydrogen-bond acceptors (Lipinski definition) is 4. The molecule has 4 heteroatoms. The van der Waals surface area contributed by atoms with Crippen LogP contribution in [0.1, 0.15) is 0 Å². The summed E-state index contributed by atoms with van der Waals surface area (Å²) in [6.45, 7) is 0. The van der Waals surface area contributed by atoms with Crippen LogP contribution in [0.2, 0.25) is 0 Å². The molecule has 6 rings (SSSR count). The Kier molecular flexibility index (Phi) is 4.70. The van der Waals surface area contributed by atoms with Gasteiger partial charge in [0, 0.05) is 11.1 Å². The van der Waals surface area contributed by atoms with Crippen LogP contribution >= 0.6 is 0 Å². The fraction of sp³-hybridized carbons (Fsp3) is 0. The van der Waals surface area contributed by atoms with Gasteiger partial charge in [0.15, 0.2) is 0 Å². The SMILES string of the molecule is Oc1cc2ccccc2cc1-c1cccc(-c2cccc(-c3cc4ccccc4cc3O)n2)n1. The highest BCUT2D eigenvalue weighted by molar-refractivity contribution is 5.91. The van der Waals surface area contributed by atoms with Gasteiger partial charge >= 0.3 is 0 Å². The third kappa shape index (κ3) is 3.51. The van der Waals surface area contributed by atoms with Crippen molar-refractivity contribution in [1.82, 2.24) is 9.97 Å². The number of aromatic hydroxyl groups is 2. The maximum Gasteiger partial charge on any atom is 0.125 e. The first kappa shape index (κ1) is 19.9. The van der Waals surface area contributed by atoms with Gasteiger partial charge in [0.1, 0.15) is 11.5 Å². The zero-order chi connectivity index (χ0) is 23.1. The number of fused-ring (bicyclic) bond motifs is 2. The Hall–Kier alpha value is -4.70. The lowest BCUT2D eigenvalue weighted by molar-refractivity contribution is 0.477. The van der Waals surface area contributed by atoms with Crippen molar-refractivity contribution in [2.75, 3.05) is 0 Å². The van der Waals surface area contributed by atoms with Gasteiger partial charge in [0.2, 0.25) is 0 Å². The highest BCUT2D eigenvalue weighted by Gasteiger charge is 2.12. The molecular weight excluding hydrogens is 420 g/mol. The molecule has 0 bridgehead atoms. The Morgan fingerprint density at radius 3 is 1.15 bits per heavy atom. The van der Waals surface area contributed by atoms with Crippen LogP contribution in [0.15, 0.2) is 109 Å². The molecule has 2 aromatic heterocycles. The van der Waals surface area contributed by atoms with E-state index in [0.29, 0.717) is 33.9 Å². The van der Waals surface area contributed by atoms with Crippen LogP contribution in [-0.2, 0) is 0 Å². The van der Waals surface area contributed by atoms with E-state index in [1.807, 2.05) is 97.1 Å². The topological polar surface area (TPSA) is 66.2 Å². The van der Waals surface area contributed by atoms with Crippen molar-refractivity contribution in [3.8, 4) is 45.4 Å². The molecule has 6 aromatic rings. The molecule has 34 heavy (non-hydrogen) atoms. The second-order valence-corrected chi connectivity index (χ2v) is 8.25. The lowest BCUT2D eigenvalue weighted by Gasteiger charge is -2.10. The van der Waals surface area contributed by atoms with Crippen LogP contribution in [0.3, 0.4) is 0 Å². The van der Waals surface area contributed by atoms with E-state index >= 15 is 0 Å². The molecule has 162 valence electrons. The van der Waals surface area contributed by atoms with Gasteiger partial charge in [-0.05, 0) is 70.1 Å². The lowest BCUT2D eigenvalue weighted by atomic mass is 10.0. The van der Waals surface area contributed by atoms with Crippen LogP contribution in [-0.4, -0.2) is 20.2 Å². The van der Waals surface area contributed by atoms with E-state index in [4.69, 9.17) is 9.97 Å². The van der Waals surface area contributed by atoms with Gasteiger partial charge in [-0.1, -0.05) is 60.7 Å². The summed E-state index contributed by atoms with van der Waals surface area (Å²) in [5, 5.41) is 25.3. The number of benzene rings is 4. The summed E-state index contributed by atoms with van der Waals surface area (Å²) < 4.78 is 0. The fourth-order valence-corrected chi connectivity index (χ4v) is 4.32. The molecule has 0 fully saturated rings. The number of phenolic OH excluding ortho intramolecular Hbond substituents is 2. The second kappa shape index (κ2) is 8.01. The minimum atomic E-state index is 0.186. The number of pyridine rings is 2. The number of rotatable bonds is 3. The van der Waals surface area contributed by atoms with E-state index in [2.05, 4.69) is 0 Å². The van der Waals surface area contributed by atoms with Crippen molar-refractivity contribution < 1.29 is 10.2 Å². The molecule has 2 heterocycles. The smallest absolute Gasteiger partial charge is 0.125 e. The first-order valence-corrected chi connectivity index (χ1v) is 11.0. The van der Waals surface area contributed by atoms with Gasteiger partial charge in [-0.15, -0.1) is 0 Å². The summed E-state index contributed by atoms with van der Waals surface area (Å²) >= 11 is 0. The highest BCUT2D eigenvalue weighted by atomic mass is 16.3. The summed E-state index contributed by atoms with van der Waals surface area (Å²) in [6, 6.07) is 34.6. The first-order valence-electron chi connectivity index (χ1n) is 11.0. The number of nitrogens with zero attached hydrogens (tertiary/aromatic N) is 2. The minimum Gasteiger partial charge on any atom is -0.507 e. The van der Waals surface area contributed by atoms with Crippen LogP contribution in [0, 0.1) is 0 Å². The summed E-state index contributed by atoms with van der Waals surface area (Å²) in [5.74, 6) is 0.372. The Morgan fingerprint density at radius 2 is 0.735 bits per heavy atom. The quantitative estimate of drug-likeness (QED) is 0.305. The predicted molar refractivity (Wildman–Crippen MR) is 137 cm³/mol. The third-order valence-electron chi connectivity index (χ3n) is 6.04. The van der Waals surface area contributed by atoms with Crippen molar-refractivity contribution in [2.45, 2.75) is 0 Å². The Bertz CT molecular complexity index is 1560. The number of phenols is 2. The summed E-state index contributed by atoms with van der Waals surface area (Å²) in [7, 11) is 0. The molecule has 0 radical (unpaired) electrons. The summed E-state index contributed by atoms with van der Waals surface area (Å²) in [5.41, 5.74) is 4.05.